The van der Waals surface area contributed by atoms with E-state index in [9.17, 15) is 14.0 Å². The first kappa shape index (κ1) is 15.8. The predicted molar refractivity (Wildman–Crippen MR) is 87.2 cm³/mol. The van der Waals surface area contributed by atoms with Crippen molar-refractivity contribution in [1.82, 2.24) is 15.1 Å². The van der Waals surface area contributed by atoms with Crippen LogP contribution in [0.1, 0.15) is 41.0 Å². The van der Waals surface area contributed by atoms with Gasteiger partial charge in [0.15, 0.2) is 5.69 Å². The second kappa shape index (κ2) is 5.98. The molecule has 0 aliphatic heterocycles. The van der Waals surface area contributed by atoms with Crippen LogP contribution in [0.15, 0.2) is 24.3 Å². The highest BCUT2D eigenvalue weighted by Crippen LogP contribution is 2.30. The minimum Gasteiger partial charge on any atom is -0.481 e. The Morgan fingerprint density at radius 1 is 1.24 bits per heavy atom. The average molecular weight is 343 g/mol. The van der Waals surface area contributed by atoms with Gasteiger partial charge in [0.05, 0.1) is 5.92 Å². The Balaban J connectivity index is 1.59. The number of para-hydroxylation sites is 1. The van der Waals surface area contributed by atoms with Gasteiger partial charge in [0.2, 0.25) is 0 Å². The number of carbonyl (C=O) groups is 2. The topological polar surface area (TPSA) is 84.2 Å². The van der Waals surface area contributed by atoms with E-state index in [0.29, 0.717) is 24.2 Å². The van der Waals surface area contributed by atoms with Crippen LogP contribution in [0.5, 0.6) is 0 Å². The van der Waals surface area contributed by atoms with Gasteiger partial charge in [-0.3, -0.25) is 9.59 Å². The summed E-state index contributed by atoms with van der Waals surface area (Å²) >= 11 is 0. The number of hydrogen-bond acceptors (Lipinski definition) is 3. The molecule has 7 heteroatoms. The van der Waals surface area contributed by atoms with Crippen molar-refractivity contribution in [3.05, 3.63) is 47.0 Å². The molecule has 1 fully saturated rings. The first-order valence-electron chi connectivity index (χ1n) is 8.44. The van der Waals surface area contributed by atoms with Gasteiger partial charge in [-0.05, 0) is 44.2 Å². The molecule has 130 valence electrons. The zero-order chi connectivity index (χ0) is 17.6. The molecule has 1 amide bonds. The van der Waals surface area contributed by atoms with E-state index in [2.05, 4.69) is 10.4 Å². The number of hydrogen-bond donors (Lipinski definition) is 2. The molecule has 0 bridgehead atoms. The van der Waals surface area contributed by atoms with E-state index < -0.39 is 5.97 Å². The summed E-state index contributed by atoms with van der Waals surface area (Å²) in [6, 6.07) is 6.24. The minimum atomic E-state index is -0.824. The molecule has 2 N–H and O–H groups in total. The molecule has 0 saturated heterocycles. The largest absolute Gasteiger partial charge is 0.481 e. The van der Waals surface area contributed by atoms with Crippen molar-refractivity contribution in [3.63, 3.8) is 0 Å². The minimum absolute atomic E-state index is 0.135. The van der Waals surface area contributed by atoms with Gasteiger partial charge in [0, 0.05) is 17.3 Å². The fraction of sp³-hybridized carbons (Fsp3) is 0.389. The molecule has 25 heavy (non-hydrogen) atoms. The molecule has 1 saturated carbocycles. The van der Waals surface area contributed by atoms with E-state index in [1.165, 1.54) is 10.7 Å². The van der Waals surface area contributed by atoms with Gasteiger partial charge in [-0.25, -0.2) is 9.07 Å². The highest BCUT2D eigenvalue weighted by molar-refractivity contribution is 5.94. The number of halogens is 1. The summed E-state index contributed by atoms with van der Waals surface area (Å²) in [4.78, 5) is 23.5. The standard InChI is InChI=1S/C18H18FN3O3/c19-13-5-1-2-6-15(13)22-14-7-3-4-12(14)16(21-22)17(23)20-11-8-10(9-11)18(24)25/h1-2,5-6,10-11H,3-4,7-9H2,(H,20,23)(H,24,25). The highest BCUT2D eigenvalue weighted by atomic mass is 19.1. The van der Waals surface area contributed by atoms with Gasteiger partial charge in [-0.15, -0.1) is 0 Å². The Morgan fingerprint density at radius 3 is 2.72 bits per heavy atom. The quantitative estimate of drug-likeness (QED) is 0.890. The summed E-state index contributed by atoms with van der Waals surface area (Å²) in [6.07, 6.45) is 3.30. The number of benzene rings is 1. The Labute approximate surface area is 143 Å². The number of nitrogens with one attached hydrogen (secondary N) is 1. The lowest BCUT2D eigenvalue weighted by Gasteiger charge is -2.32. The highest BCUT2D eigenvalue weighted by Gasteiger charge is 2.36. The van der Waals surface area contributed by atoms with Crippen LogP contribution in [0.2, 0.25) is 0 Å². The van der Waals surface area contributed by atoms with Crippen LogP contribution in [0.4, 0.5) is 4.39 Å². The molecule has 0 radical (unpaired) electrons. The van der Waals surface area contributed by atoms with Crippen LogP contribution in [0.25, 0.3) is 5.69 Å². The number of carboxylic acid groups (broad SMARTS) is 1. The van der Waals surface area contributed by atoms with Crippen LogP contribution in [-0.2, 0) is 17.6 Å². The zero-order valence-electron chi connectivity index (χ0n) is 13.5. The lowest BCUT2D eigenvalue weighted by molar-refractivity contribution is -0.145. The van der Waals surface area contributed by atoms with Gasteiger partial charge in [-0.2, -0.15) is 5.10 Å². The number of nitrogens with zero attached hydrogens (tertiary/aromatic N) is 2. The molecular formula is C18H18FN3O3. The molecule has 2 aliphatic rings. The smallest absolute Gasteiger partial charge is 0.306 e. The number of aromatic nitrogens is 2. The summed E-state index contributed by atoms with van der Waals surface area (Å²) in [5, 5.41) is 16.2. The number of aliphatic carboxylic acids is 1. The van der Waals surface area contributed by atoms with Gasteiger partial charge in [-0.1, -0.05) is 12.1 Å². The summed E-state index contributed by atoms with van der Waals surface area (Å²) in [5.74, 6) is -1.89. The van der Waals surface area contributed by atoms with Crippen LogP contribution >= 0.6 is 0 Å². The van der Waals surface area contributed by atoms with Gasteiger partial charge >= 0.3 is 5.97 Å². The van der Waals surface area contributed by atoms with Gasteiger partial charge < -0.3 is 10.4 Å². The second-order valence-electron chi connectivity index (χ2n) is 6.67. The Bertz CT molecular complexity index is 855. The predicted octanol–water partition coefficient (Wildman–Crippen LogP) is 2.09. The van der Waals surface area contributed by atoms with Crippen molar-refractivity contribution in [2.24, 2.45) is 5.92 Å². The van der Waals surface area contributed by atoms with Crippen molar-refractivity contribution in [2.45, 2.75) is 38.1 Å². The van der Waals surface area contributed by atoms with E-state index in [1.54, 1.807) is 18.2 Å². The molecule has 0 spiro atoms. The Kier molecular flexibility index (Phi) is 3.78. The summed E-state index contributed by atoms with van der Waals surface area (Å²) in [5.41, 5.74) is 2.42. The van der Waals surface area contributed by atoms with Crippen LogP contribution in [0.3, 0.4) is 0 Å². The molecule has 1 heterocycles. The summed E-state index contributed by atoms with van der Waals surface area (Å²) in [6.45, 7) is 0. The molecule has 6 nitrogen and oxygen atoms in total. The fourth-order valence-electron chi connectivity index (χ4n) is 3.63. The maximum atomic E-state index is 14.1. The Morgan fingerprint density at radius 2 is 2.00 bits per heavy atom. The maximum Gasteiger partial charge on any atom is 0.306 e. The Hall–Kier alpha value is -2.70. The lowest BCUT2D eigenvalue weighted by Crippen LogP contribution is -2.47. The molecule has 0 atom stereocenters. The normalized spacial score (nSPS) is 21.5. The van der Waals surface area contributed by atoms with Crippen LogP contribution in [0, 0.1) is 11.7 Å². The van der Waals surface area contributed by atoms with Crippen molar-refractivity contribution >= 4 is 11.9 Å². The SMILES string of the molecule is O=C(NC1CC(C(=O)O)C1)c1nn(-c2ccccc2F)c2c1CCC2. The number of fused-ring (bicyclic) bond motifs is 1. The first-order valence-corrected chi connectivity index (χ1v) is 8.44. The van der Waals surface area contributed by atoms with Crippen molar-refractivity contribution in [2.75, 3.05) is 0 Å². The molecule has 1 aromatic carbocycles. The van der Waals surface area contributed by atoms with Crippen LogP contribution in [-0.4, -0.2) is 32.8 Å². The molecule has 2 aliphatic carbocycles. The molecule has 2 aromatic rings. The molecule has 0 unspecified atom stereocenters. The van der Waals surface area contributed by atoms with E-state index in [4.69, 9.17) is 5.11 Å². The zero-order valence-corrected chi connectivity index (χ0v) is 13.5. The molecular weight excluding hydrogens is 325 g/mol. The number of carboxylic acids is 1. The average Bonchev–Trinajstić information content (AvgIpc) is 3.12. The van der Waals surface area contributed by atoms with E-state index in [0.717, 1.165) is 30.5 Å². The number of amides is 1. The number of rotatable bonds is 4. The van der Waals surface area contributed by atoms with Gasteiger partial charge in [0.1, 0.15) is 11.5 Å². The van der Waals surface area contributed by atoms with Crippen molar-refractivity contribution < 1.29 is 19.1 Å². The third-order valence-corrected chi connectivity index (χ3v) is 5.05. The third kappa shape index (κ3) is 2.69. The van der Waals surface area contributed by atoms with Gasteiger partial charge in [0.25, 0.3) is 5.91 Å². The third-order valence-electron chi connectivity index (χ3n) is 5.05. The number of carbonyl (C=O) groups excluding carboxylic acids is 1. The van der Waals surface area contributed by atoms with Crippen molar-refractivity contribution in [3.8, 4) is 5.69 Å². The summed E-state index contributed by atoms with van der Waals surface area (Å²) < 4.78 is 15.7. The second-order valence-corrected chi connectivity index (χ2v) is 6.67. The lowest BCUT2D eigenvalue weighted by atomic mass is 9.80. The van der Waals surface area contributed by atoms with Crippen molar-refractivity contribution in [1.29, 1.82) is 0 Å². The molecule has 1 aromatic heterocycles. The van der Waals surface area contributed by atoms with Crippen LogP contribution < -0.4 is 5.32 Å². The monoisotopic (exact) mass is 343 g/mol. The molecule has 4 rings (SSSR count). The van der Waals surface area contributed by atoms with E-state index in [-0.39, 0.29) is 23.7 Å². The maximum absolute atomic E-state index is 14.1. The van der Waals surface area contributed by atoms with E-state index >= 15 is 0 Å². The summed E-state index contributed by atoms with van der Waals surface area (Å²) in [7, 11) is 0. The van der Waals surface area contributed by atoms with E-state index in [1.807, 2.05) is 0 Å². The first-order chi connectivity index (χ1) is 12.0. The fourth-order valence-corrected chi connectivity index (χ4v) is 3.63.